The van der Waals surface area contributed by atoms with Crippen LogP contribution in [0.15, 0.2) is 64.1 Å². The molecule has 118 valence electrons. The number of benzene rings is 2. The normalized spacial score (nSPS) is 11.0. The Bertz CT molecular complexity index is 1070. The zero-order valence-corrected chi connectivity index (χ0v) is 14.0. The third kappa shape index (κ3) is 2.61. The van der Waals surface area contributed by atoms with E-state index in [9.17, 15) is 4.79 Å². The van der Waals surface area contributed by atoms with E-state index in [-0.39, 0.29) is 12.1 Å². The fraction of sp³-hybridized carbons (Fsp3) is 0.0625. The second-order valence-corrected chi connectivity index (χ2v) is 6.10. The van der Waals surface area contributed by atoms with Crippen molar-refractivity contribution in [2.75, 3.05) is 0 Å². The minimum absolute atomic E-state index is 0.135. The first-order valence-electron chi connectivity index (χ1n) is 7.20. The molecule has 0 atom stereocenters. The lowest BCUT2D eigenvalue weighted by atomic mass is 10.2. The van der Waals surface area contributed by atoms with Crippen molar-refractivity contribution in [1.82, 2.24) is 29.8 Å². The van der Waals surface area contributed by atoms with Gasteiger partial charge < -0.3 is 0 Å². The average molecular weight is 383 g/mol. The van der Waals surface area contributed by atoms with Crippen LogP contribution in [0.1, 0.15) is 5.82 Å². The summed E-state index contributed by atoms with van der Waals surface area (Å²) in [6, 6.07) is 15.0. The van der Waals surface area contributed by atoms with Crippen molar-refractivity contribution < 1.29 is 0 Å². The number of nitrogens with zero attached hydrogens (tertiary/aromatic N) is 6. The van der Waals surface area contributed by atoms with E-state index in [1.54, 1.807) is 16.8 Å². The van der Waals surface area contributed by atoms with Gasteiger partial charge in [-0.15, -0.1) is 5.10 Å². The number of aromatic nitrogens is 6. The Morgan fingerprint density at radius 2 is 1.92 bits per heavy atom. The van der Waals surface area contributed by atoms with Gasteiger partial charge in [0.25, 0.3) is 5.56 Å². The van der Waals surface area contributed by atoms with Crippen LogP contribution in [0.25, 0.3) is 16.6 Å². The zero-order chi connectivity index (χ0) is 16.5. The van der Waals surface area contributed by atoms with Crippen molar-refractivity contribution in [2.45, 2.75) is 6.54 Å². The largest absolute Gasteiger partial charge is 0.291 e. The molecular formula is C16H11BrN6O. The first-order valence-corrected chi connectivity index (χ1v) is 7.99. The Morgan fingerprint density at radius 3 is 2.75 bits per heavy atom. The Hall–Kier alpha value is -2.87. The molecule has 0 aliphatic heterocycles. The van der Waals surface area contributed by atoms with Crippen LogP contribution >= 0.6 is 15.9 Å². The highest BCUT2D eigenvalue weighted by Gasteiger charge is 2.11. The summed E-state index contributed by atoms with van der Waals surface area (Å²) in [5, 5.41) is 12.3. The molecule has 0 N–H and O–H groups in total. The van der Waals surface area contributed by atoms with Gasteiger partial charge in [-0.05, 0) is 40.8 Å². The van der Waals surface area contributed by atoms with Crippen molar-refractivity contribution in [3.63, 3.8) is 0 Å². The van der Waals surface area contributed by atoms with Gasteiger partial charge in [-0.2, -0.15) is 4.68 Å². The summed E-state index contributed by atoms with van der Waals surface area (Å²) in [6.45, 7) is 0.232. The Balaban J connectivity index is 1.78. The topological polar surface area (TPSA) is 78.5 Å². The summed E-state index contributed by atoms with van der Waals surface area (Å²) in [5.41, 5.74) is 1.35. The molecule has 0 radical (unpaired) electrons. The number of hydrogen-bond donors (Lipinski definition) is 0. The maximum absolute atomic E-state index is 12.7. The van der Waals surface area contributed by atoms with Crippen molar-refractivity contribution in [2.24, 2.45) is 0 Å². The fourth-order valence-electron chi connectivity index (χ4n) is 2.47. The molecule has 0 fully saturated rings. The van der Waals surface area contributed by atoms with Gasteiger partial charge in [0.1, 0.15) is 0 Å². The maximum atomic E-state index is 12.7. The maximum Gasteiger partial charge on any atom is 0.261 e. The van der Waals surface area contributed by atoms with Crippen molar-refractivity contribution >= 4 is 26.8 Å². The molecule has 0 saturated carbocycles. The molecule has 24 heavy (non-hydrogen) atoms. The van der Waals surface area contributed by atoms with Crippen molar-refractivity contribution in [3.8, 4) is 5.69 Å². The van der Waals surface area contributed by atoms with Gasteiger partial charge in [0.2, 0.25) is 0 Å². The predicted molar refractivity (Wildman–Crippen MR) is 92.0 cm³/mol. The lowest BCUT2D eigenvalue weighted by molar-refractivity contribution is 0.675. The Labute approximate surface area is 144 Å². The van der Waals surface area contributed by atoms with Crippen LogP contribution in [0.2, 0.25) is 0 Å². The zero-order valence-electron chi connectivity index (χ0n) is 12.4. The van der Waals surface area contributed by atoms with Crippen LogP contribution in [0, 0.1) is 0 Å². The smallest absolute Gasteiger partial charge is 0.261 e. The number of rotatable bonds is 3. The molecule has 0 aliphatic rings. The monoisotopic (exact) mass is 382 g/mol. The molecule has 0 saturated heterocycles. The molecule has 0 aliphatic carbocycles. The van der Waals surface area contributed by atoms with Crippen molar-refractivity contribution in [3.05, 3.63) is 75.5 Å². The van der Waals surface area contributed by atoms with Gasteiger partial charge in [-0.25, -0.2) is 4.98 Å². The minimum atomic E-state index is -0.135. The molecule has 2 aromatic carbocycles. The molecule has 0 unspecified atom stereocenters. The second-order valence-electron chi connectivity index (χ2n) is 5.18. The minimum Gasteiger partial charge on any atom is -0.291 e. The number of fused-ring (bicyclic) bond motifs is 1. The highest BCUT2D eigenvalue weighted by Crippen LogP contribution is 2.15. The molecule has 0 amide bonds. The first kappa shape index (κ1) is 14.7. The summed E-state index contributed by atoms with van der Waals surface area (Å²) in [6.07, 6.45) is 1.52. The third-order valence-corrected chi connectivity index (χ3v) is 4.13. The Kier molecular flexibility index (Phi) is 3.66. The van der Waals surface area contributed by atoms with Crippen LogP contribution in [-0.4, -0.2) is 29.8 Å². The fourth-order valence-corrected chi connectivity index (χ4v) is 2.83. The van der Waals surface area contributed by atoms with E-state index in [1.807, 2.05) is 36.4 Å². The van der Waals surface area contributed by atoms with E-state index >= 15 is 0 Å². The molecule has 0 spiro atoms. The van der Waals surface area contributed by atoms with Gasteiger partial charge >= 0.3 is 0 Å². The van der Waals surface area contributed by atoms with E-state index in [0.29, 0.717) is 16.7 Å². The molecule has 0 bridgehead atoms. The number of tetrazole rings is 1. The molecule has 2 heterocycles. The van der Waals surface area contributed by atoms with Gasteiger partial charge in [0.15, 0.2) is 5.82 Å². The van der Waals surface area contributed by atoms with Crippen molar-refractivity contribution in [1.29, 1.82) is 0 Å². The standard InChI is InChI=1S/C16H11BrN6O/c17-11-6-7-14-13(8-11)16(24)22(10-18-14)9-15-19-20-21-23(15)12-4-2-1-3-5-12/h1-8,10H,9H2. The van der Waals surface area contributed by atoms with E-state index in [1.165, 1.54) is 10.9 Å². The van der Waals surface area contributed by atoms with E-state index in [4.69, 9.17) is 0 Å². The molecular weight excluding hydrogens is 372 g/mol. The molecule has 4 rings (SSSR count). The van der Waals surface area contributed by atoms with Crippen LogP contribution in [0.3, 0.4) is 0 Å². The van der Waals surface area contributed by atoms with Gasteiger partial charge in [-0.3, -0.25) is 9.36 Å². The Morgan fingerprint density at radius 1 is 1.08 bits per heavy atom. The summed E-state index contributed by atoms with van der Waals surface area (Å²) in [4.78, 5) is 17.0. The quantitative estimate of drug-likeness (QED) is 0.542. The molecule has 8 heteroatoms. The SMILES string of the molecule is O=c1c2cc(Br)ccc2ncn1Cc1nnnn1-c1ccccc1. The molecule has 2 aromatic heterocycles. The van der Waals surface area contributed by atoms with Gasteiger partial charge in [0.05, 0.1) is 29.5 Å². The highest BCUT2D eigenvalue weighted by atomic mass is 79.9. The van der Waals surface area contributed by atoms with Crippen LogP contribution in [0.4, 0.5) is 0 Å². The van der Waals surface area contributed by atoms with E-state index in [0.717, 1.165) is 10.2 Å². The summed E-state index contributed by atoms with van der Waals surface area (Å²) in [7, 11) is 0. The number of hydrogen-bond acceptors (Lipinski definition) is 5. The van der Waals surface area contributed by atoms with E-state index in [2.05, 4.69) is 36.4 Å². The third-order valence-electron chi connectivity index (χ3n) is 3.63. The molecule has 4 aromatic rings. The lowest BCUT2D eigenvalue weighted by Gasteiger charge is -2.07. The average Bonchev–Trinajstić information content (AvgIpc) is 3.07. The van der Waals surface area contributed by atoms with Crippen LogP contribution < -0.4 is 5.56 Å². The summed E-state index contributed by atoms with van der Waals surface area (Å²) < 4.78 is 3.94. The summed E-state index contributed by atoms with van der Waals surface area (Å²) in [5.74, 6) is 0.555. The number of para-hydroxylation sites is 1. The van der Waals surface area contributed by atoms with Crippen LogP contribution in [0.5, 0.6) is 0 Å². The molecule has 7 nitrogen and oxygen atoms in total. The second kappa shape index (κ2) is 5.97. The number of halogens is 1. The van der Waals surface area contributed by atoms with Gasteiger partial charge in [0, 0.05) is 4.47 Å². The predicted octanol–water partition coefficient (Wildman–Crippen LogP) is 2.18. The highest BCUT2D eigenvalue weighted by molar-refractivity contribution is 9.10. The summed E-state index contributed by atoms with van der Waals surface area (Å²) >= 11 is 3.38. The van der Waals surface area contributed by atoms with Gasteiger partial charge in [-0.1, -0.05) is 34.1 Å². The lowest BCUT2D eigenvalue weighted by Crippen LogP contribution is -2.23. The first-order chi connectivity index (χ1) is 11.7. The van der Waals surface area contributed by atoms with Crippen LogP contribution in [-0.2, 0) is 6.54 Å². The van der Waals surface area contributed by atoms with E-state index < -0.39 is 0 Å².